The standard InChI is InChI=1S/C9H13ClN4/c10-7-4-12-5-13-9(7)14-8(3-11)6-1-2-6/h4-6,8H,1-3,11H2,(H,12,13,14). The molecule has 5 heteroatoms. The average Bonchev–Trinajstić information content (AvgIpc) is 3.00. The van der Waals surface area contributed by atoms with Gasteiger partial charge in [-0.05, 0) is 18.8 Å². The summed E-state index contributed by atoms with van der Waals surface area (Å²) in [6.07, 6.45) is 5.56. The number of hydrogen-bond acceptors (Lipinski definition) is 4. The summed E-state index contributed by atoms with van der Waals surface area (Å²) in [6, 6.07) is 0.294. The van der Waals surface area contributed by atoms with Gasteiger partial charge in [0.05, 0.1) is 6.20 Å². The van der Waals surface area contributed by atoms with E-state index in [1.807, 2.05) is 0 Å². The highest BCUT2D eigenvalue weighted by Crippen LogP contribution is 2.34. The Kier molecular flexibility index (Phi) is 2.84. The van der Waals surface area contributed by atoms with Crippen LogP contribution in [0, 0.1) is 5.92 Å². The first-order valence-electron chi connectivity index (χ1n) is 4.73. The number of anilines is 1. The van der Waals surface area contributed by atoms with Gasteiger partial charge in [0.15, 0.2) is 0 Å². The quantitative estimate of drug-likeness (QED) is 0.789. The number of hydrogen-bond donors (Lipinski definition) is 2. The van der Waals surface area contributed by atoms with Gasteiger partial charge in [0.25, 0.3) is 0 Å². The molecule has 0 bridgehead atoms. The van der Waals surface area contributed by atoms with Gasteiger partial charge in [0.2, 0.25) is 0 Å². The maximum absolute atomic E-state index is 5.92. The third-order valence-corrected chi connectivity index (χ3v) is 2.71. The summed E-state index contributed by atoms with van der Waals surface area (Å²) in [5.41, 5.74) is 5.66. The lowest BCUT2D eigenvalue weighted by Crippen LogP contribution is -2.31. The number of rotatable bonds is 4. The molecule has 1 aliphatic carbocycles. The van der Waals surface area contributed by atoms with Gasteiger partial charge in [0.1, 0.15) is 17.2 Å². The summed E-state index contributed by atoms with van der Waals surface area (Å²) < 4.78 is 0. The summed E-state index contributed by atoms with van der Waals surface area (Å²) in [7, 11) is 0. The molecule has 1 fully saturated rings. The highest BCUT2D eigenvalue weighted by Gasteiger charge is 2.30. The normalized spacial score (nSPS) is 17.9. The molecule has 1 atom stereocenters. The van der Waals surface area contributed by atoms with Crippen molar-refractivity contribution >= 4 is 17.4 Å². The van der Waals surface area contributed by atoms with Crippen molar-refractivity contribution in [3.8, 4) is 0 Å². The third-order valence-electron chi connectivity index (χ3n) is 2.43. The second kappa shape index (κ2) is 4.11. The number of nitrogens with two attached hydrogens (primary N) is 1. The minimum Gasteiger partial charge on any atom is -0.364 e. The monoisotopic (exact) mass is 212 g/mol. The molecule has 14 heavy (non-hydrogen) atoms. The van der Waals surface area contributed by atoms with E-state index in [0.717, 1.165) is 0 Å². The van der Waals surface area contributed by atoms with Crippen LogP contribution in [0.3, 0.4) is 0 Å². The molecule has 1 aromatic rings. The minimum atomic E-state index is 0.294. The zero-order valence-corrected chi connectivity index (χ0v) is 8.54. The Bertz CT molecular complexity index is 313. The van der Waals surface area contributed by atoms with Crippen molar-refractivity contribution in [2.75, 3.05) is 11.9 Å². The number of aromatic nitrogens is 2. The van der Waals surface area contributed by atoms with Gasteiger partial charge in [0, 0.05) is 12.6 Å². The summed E-state index contributed by atoms with van der Waals surface area (Å²) >= 11 is 5.92. The molecular formula is C9H13ClN4. The van der Waals surface area contributed by atoms with E-state index in [1.54, 1.807) is 6.20 Å². The van der Waals surface area contributed by atoms with E-state index < -0.39 is 0 Å². The zero-order valence-electron chi connectivity index (χ0n) is 7.78. The smallest absolute Gasteiger partial charge is 0.148 e. The molecule has 1 aromatic heterocycles. The van der Waals surface area contributed by atoms with Crippen LogP contribution < -0.4 is 11.1 Å². The fourth-order valence-corrected chi connectivity index (χ4v) is 1.62. The number of halogens is 1. The molecule has 0 spiro atoms. The lowest BCUT2D eigenvalue weighted by atomic mass is 10.2. The van der Waals surface area contributed by atoms with Crippen LogP contribution >= 0.6 is 11.6 Å². The molecule has 3 N–H and O–H groups in total. The Morgan fingerprint density at radius 3 is 3.00 bits per heavy atom. The predicted octanol–water partition coefficient (Wildman–Crippen LogP) is 1.28. The average molecular weight is 213 g/mol. The van der Waals surface area contributed by atoms with Gasteiger partial charge in [-0.1, -0.05) is 11.6 Å². The Balaban J connectivity index is 2.04. The van der Waals surface area contributed by atoms with Crippen molar-refractivity contribution in [1.82, 2.24) is 9.97 Å². The van der Waals surface area contributed by atoms with Crippen molar-refractivity contribution in [3.63, 3.8) is 0 Å². The summed E-state index contributed by atoms with van der Waals surface area (Å²) in [4.78, 5) is 7.89. The van der Waals surface area contributed by atoms with Crippen LogP contribution in [0.4, 0.5) is 5.82 Å². The molecule has 0 aliphatic heterocycles. The van der Waals surface area contributed by atoms with Crippen LogP contribution in [0.15, 0.2) is 12.5 Å². The van der Waals surface area contributed by atoms with Gasteiger partial charge < -0.3 is 11.1 Å². The Morgan fingerprint density at radius 2 is 2.43 bits per heavy atom. The van der Waals surface area contributed by atoms with Crippen molar-refractivity contribution in [2.45, 2.75) is 18.9 Å². The molecule has 1 unspecified atom stereocenters. The van der Waals surface area contributed by atoms with Crippen molar-refractivity contribution in [3.05, 3.63) is 17.5 Å². The third kappa shape index (κ3) is 2.13. The van der Waals surface area contributed by atoms with E-state index in [0.29, 0.717) is 29.3 Å². The van der Waals surface area contributed by atoms with Crippen LogP contribution in [0.25, 0.3) is 0 Å². The molecule has 2 rings (SSSR count). The lowest BCUT2D eigenvalue weighted by Gasteiger charge is -2.16. The first kappa shape index (κ1) is 9.68. The zero-order chi connectivity index (χ0) is 9.97. The molecular weight excluding hydrogens is 200 g/mol. The highest BCUT2D eigenvalue weighted by molar-refractivity contribution is 6.32. The van der Waals surface area contributed by atoms with Crippen LogP contribution in [0.1, 0.15) is 12.8 Å². The second-order valence-corrected chi connectivity index (χ2v) is 3.95. The molecule has 1 heterocycles. The van der Waals surface area contributed by atoms with Gasteiger partial charge in [-0.25, -0.2) is 9.97 Å². The maximum atomic E-state index is 5.92. The molecule has 0 amide bonds. The Morgan fingerprint density at radius 1 is 1.64 bits per heavy atom. The predicted molar refractivity (Wildman–Crippen MR) is 56.2 cm³/mol. The van der Waals surface area contributed by atoms with E-state index in [-0.39, 0.29) is 0 Å². The van der Waals surface area contributed by atoms with Crippen LogP contribution in [0.5, 0.6) is 0 Å². The molecule has 0 radical (unpaired) electrons. The van der Waals surface area contributed by atoms with E-state index in [9.17, 15) is 0 Å². The van der Waals surface area contributed by atoms with Gasteiger partial charge in [-0.3, -0.25) is 0 Å². The SMILES string of the molecule is NCC(Nc1ncncc1Cl)C1CC1. The summed E-state index contributed by atoms with van der Waals surface area (Å²) in [6.45, 7) is 0.616. The topological polar surface area (TPSA) is 63.8 Å². The van der Waals surface area contributed by atoms with Crippen LogP contribution in [-0.2, 0) is 0 Å². The van der Waals surface area contributed by atoms with Crippen LogP contribution in [0.2, 0.25) is 5.02 Å². The summed E-state index contributed by atoms with van der Waals surface area (Å²) in [5.74, 6) is 1.37. The Hall–Kier alpha value is -0.870. The first-order chi connectivity index (χ1) is 6.81. The molecule has 76 valence electrons. The number of nitrogens with zero attached hydrogens (tertiary/aromatic N) is 2. The van der Waals surface area contributed by atoms with Gasteiger partial charge in [-0.15, -0.1) is 0 Å². The second-order valence-electron chi connectivity index (χ2n) is 3.54. The van der Waals surface area contributed by atoms with Crippen LogP contribution in [-0.4, -0.2) is 22.6 Å². The van der Waals surface area contributed by atoms with E-state index in [4.69, 9.17) is 17.3 Å². The highest BCUT2D eigenvalue weighted by atomic mass is 35.5. The molecule has 4 nitrogen and oxygen atoms in total. The fourth-order valence-electron chi connectivity index (χ4n) is 1.46. The first-order valence-corrected chi connectivity index (χ1v) is 5.11. The van der Waals surface area contributed by atoms with E-state index in [1.165, 1.54) is 19.2 Å². The van der Waals surface area contributed by atoms with Gasteiger partial charge in [-0.2, -0.15) is 0 Å². The molecule has 0 saturated heterocycles. The minimum absolute atomic E-state index is 0.294. The largest absolute Gasteiger partial charge is 0.364 e. The summed E-state index contributed by atoms with van der Waals surface area (Å²) in [5, 5.41) is 3.80. The lowest BCUT2D eigenvalue weighted by molar-refractivity contribution is 0.642. The molecule has 1 aliphatic rings. The van der Waals surface area contributed by atoms with E-state index in [2.05, 4.69) is 15.3 Å². The molecule has 1 saturated carbocycles. The maximum Gasteiger partial charge on any atom is 0.148 e. The van der Waals surface area contributed by atoms with Crippen molar-refractivity contribution in [2.24, 2.45) is 11.7 Å². The van der Waals surface area contributed by atoms with Crippen molar-refractivity contribution < 1.29 is 0 Å². The van der Waals surface area contributed by atoms with Crippen molar-refractivity contribution in [1.29, 1.82) is 0 Å². The fraction of sp³-hybridized carbons (Fsp3) is 0.556. The van der Waals surface area contributed by atoms with E-state index >= 15 is 0 Å². The number of nitrogens with one attached hydrogen (secondary N) is 1. The van der Waals surface area contributed by atoms with Gasteiger partial charge >= 0.3 is 0 Å². The molecule has 0 aromatic carbocycles. The Labute approximate surface area is 87.9 Å².